The molecule has 2 rings (SSSR count). The van der Waals surface area contributed by atoms with Gasteiger partial charge in [0.1, 0.15) is 36.0 Å². The number of carbonyl (C=O) groups is 4. The summed E-state index contributed by atoms with van der Waals surface area (Å²) in [5.41, 5.74) is -0.710. The van der Waals surface area contributed by atoms with E-state index in [1.165, 1.54) is 14.2 Å². The lowest BCUT2D eigenvalue weighted by Crippen LogP contribution is -2.54. The third-order valence-corrected chi connectivity index (χ3v) is 6.25. The zero-order valence-corrected chi connectivity index (χ0v) is 24.5. The van der Waals surface area contributed by atoms with Crippen LogP contribution in [0, 0.1) is 0 Å². The average Bonchev–Trinajstić information content (AvgIpc) is 3.29. The highest BCUT2D eigenvalue weighted by atomic mass is 16.8. The minimum atomic E-state index is -0.888. The molecule has 0 aromatic carbocycles. The lowest BCUT2D eigenvalue weighted by Gasteiger charge is -2.31. The number of unbranched alkanes of at least 4 members (excludes halogenated alkanes) is 1. The van der Waals surface area contributed by atoms with Crippen molar-refractivity contribution in [3.8, 4) is 0 Å². The standard InChI is InChI=1S/C26H45N3O10/c1-14(28-24(33)39-25(3,4)5)21(31)29-16(12-10-11-13-17(30)27-15(2)22(32)35-9)18-19(34-8)20-23(36-18)38-26(6,7)37-20/h14-16,18-20,23H,10-13H2,1-9H3,(H,27,30)(H,28,33)(H,29,31)/t14-,15-,16-,18+,19-,20+,23+/m0/s1. The van der Waals surface area contributed by atoms with E-state index in [0.29, 0.717) is 19.3 Å². The number of esters is 1. The molecule has 7 atom stereocenters. The quantitative estimate of drug-likeness (QED) is 0.236. The molecule has 2 aliphatic heterocycles. The van der Waals surface area contributed by atoms with Crippen molar-refractivity contribution in [3.05, 3.63) is 0 Å². The van der Waals surface area contributed by atoms with Gasteiger partial charge in [0.15, 0.2) is 12.1 Å². The summed E-state index contributed by atoms with van der Waals surface area (Å²) in [7, 11) is 2.80. The van der Waals surface area contributed by atoms with E-state index < -0.39 is 72.1 Å². The molecule has 224 valence electrons. The van der Waals surface area contributed by atoms with Crippen LogP contribution in [0.15, 0.2) is 0 Å². The Morgan fingerprint density at radius 3 is 2.21 bits per heavy atom. The van der Waals surface area contributed by atoms with E-state index in [2.05, 4.69) is 20.7 Å². The summed E-state index contributed by atoms with van der Waals surface area (Å²) in [6, 6.07) is -2.17. The maximum atomic E-state index is 13.1. The summed E-state index contributed by atoms with van der Waals surface area (Å²) < 4.78 is 33.6. The van der Waals surface area contributed by atoms with Gasteiger partial charge in [-0.25, -0.2) is 9.59 Å². The molecule has 0 bridgehead atoms. The monoisotopic (exact) mass is 559 g/mol. The van der Waals surface area contributed by atoms with Crippen LogP contribution in [0.25, 0.3) is 0 Å². The molecule has 0 saturated carbocycles. The molecular formula is C26H45N3O10. The molecule has 13 heteroatoms. The first-order valence-corrected chi connectivity index (χ1v) is 13.3. The van der Waals surface area contributed by atoms with E-state index in [9.17, 15) is 19.2 Å². The molecule has 0 unspecified atom stereocenters. The predicted octanol–water partition coefficient (Wildman–Crippen LogP) is 1.51. The first kappa shape index (κ1) is 32.7. The molecule has 2 aliphatic rings. The minimum absolute atomic E-state index is 0.184. The van der Waals surface area contributed by atoms with Crippen LogP contribution < -0.4 is 16.0 Å². The Morgan fingerprint density at radius 1 is 0.949 bits per heavy atom. The molecule has 0 aliphatic carbocycles. The predicted molar refractivity (Wildman–Crippen MR) is 138 cm³/mol. The highest BCUT2D eigenvalue weighted by Crippen LogP contribution is 2.40. The van der Waals surface area contributed by atoms with E-state index in [1.807, 2.05) is 0 Å². The van der Waals surface area contributed by atoms with Crippen LogP contribution >= 0.6 is 0 Å². The highest BCUT2D eigenvalue weighted by molar-refractivity contribution is 5.85. The van der Waals surface area contributed by atoms with E-state index in [1.54, 1.807) is 48.5 Å². The molecule has 13 nitrogen and oxygen atoms in total. The molecule has 2 saturated heterocycles. The maximum absolute atomic E-state index is 13.1. The highest BCUT2D eigenvalue weighted by Gasteiger charge is 2.57. The lowest BCUT2D eigenvalue weighted by molar-refractivity contribution is -0.220. The molecule has 0 spiro atoms. The second-order valence-electron chi connectivity index (χ2n) is 11.3. The van der Waals surface area contributed by atoms with Gasteiger partial charge >= 0.3 is 12.1 Å². The molecule has 2 heterocycles. The van der Waals surface area contributed by atoms with Gasteiger partial charge in [-0.2, -0.15) is 0 Å². The second-order valence-corrected chi connectivity index (χ2v) is 11.3. The smallest absolute Gasteiger partial charge is 0.408 e. The summed E-state index contributed by atoms with van der Waals surface area (Å²) in [4.78, 5) is 49.0. The van der Waals surface area contributed by atoms with Crippen LogP contribution in [-0.2, 0) is 42.8 Å². The fourth-order valence-corrected chi connectivity index (χ4v) is 4.47. The van der Waals surface area contributed by atoms with Crippen molar-refractivity contribution in [1.29, 1.82) is 0 Å². The van der Waals surface area contributed by atoms with Crippen molar-refractivity contribution >= 4 is 23.9 Å². The van der Waals surface area contributed by atoms with E-state index >= 15 is 0 Å². The maximum Gasteiger partial charge on any atom is 0.408 e. The molecular weight excluding hydrogens is 514 g/mol. The summed E-state index contributed by atoms with van der Waals surface area (Å²) in [6.45, 7) is 11.9. The van der Waals surface area contributed by atoms with Crippen molar-refractivity contribution < 1.29 is 47.6 Å². The van der Waals surface area contributed by atoms with Gasteiger partial charge in [0.25, 0.3) is 0 Å². The van der Waals surface area contributed by atoms with Gasteiger partial charge in [-0.1, -0.05) is 6.42 Å². The number of methoxy groups -OCH3 is 2. The Balaban J connectivity index is 2.04. The van der Waals surface area contributed by atoms with Crippen molar-refractivity contribution in [2.45, 2.75) is 128 Å². The fourth-order valence-electron chi connectivity index (χ4n) is 4.47. The van der Waals surface area contributed by atoms with E-state index in [4.69, 9.17) is 23.7 Å². The minimum Gasteiger partial charge on any atom is -0.467 e. The number of alkyl carbamates (subject to hydrolysis) is 1. The van der Waals surface area contributed by atoms with Gasteiger partial charge in [0.2, 0.25) is 11.8 Å². The van der Waals surface area contributed by atoms with Crippen LogP contribution in [0.2, 0.25) is 0 Å². The molecule has 3 amide bonds. The number of carbonyl (C=O) groups excluding carboxylic acids is 4. The van der Waals surface area contributed by atoms with Gasteiger partial charge in [-0.15, -0.1) is 0 Å². The zero-order chi connectivity index (χ0) is 29.5. The number of fused-ring (bicyclic) bond motifs is 1. The first-order chi connectivity index (χ1) is 18.1. The first-order valence-electron chi connectivity index (χ1n) is 13.3. The Morgan fingerprint density at radius 2 is 1.62 bits per heavy atom. The summed E-state index contributed by atoms with van der Waals surface area (Å²) in [5, 5.41) is 8.09. The van der Waals surface area contributed by atoms with Crippen LogP contribution in [-0.4, -0.2) is 92.2 Å². The topological polar surface area (TPSA) is 160 Å². The second kappa shape index (κ2) is 13.7. The van der Waals surface area contributed by atoms with Gasteiger partial charge < -0.3 is 44.4 Å². The number of amides is 3. The van der Waals surface area contributed by atoms with Crippen LogP contribution in [0.3, 0.4) is 0 Å². The fraction of sp³-hybridized carbons (Fsp3) is 0.846. The number of nitrogens with one attached hydrogen (secondary N) is 3. The lowest BCUT2D eigenvalue weighted by atomic mass is 9.97. The Labute approximate surface area is 230 Å². The van der Waals surface area contributed by atoms with E-state index in [0.717, 1.165) is 0 Å². The average molecular weight is 560 g/mol. The molecule has 0 aromatic rings. The van der Waals surface area contributed by atoms with Crippen molar-refractivity contribution in [2.75, 3.05) is 14.2 Å². The van der Waals surface area contributed by atoms with Gasteiger partial charge in [0.05, 0.1) is 13.2 Å². The van der Waals surface area contributed by atoms with Gasteiger partial charge in [-0.3, -0.25) is 9.59 Å². The normalized spacial score (nSPS) is 26.1. The van der Waals surface area contributed by atoms with Gasteiger partial charge in [-0.05, 0) is 61.3 Å². The number of hydrogen-bond donors (Lipinski definition) is 3. The summed E-state index contributed by atoms with van der Waals surface area (Å²) in [6.07, 6.45) is -1.32. The molecule has 0 aromatic heterocycles. The molecule has 2 fully saturated rings. The Kier molecular flexibility index (Phi) is 11.5. The third kappa shape index (κ3) is 9.89. The van der Waals surface area contributed by atoms with Crippen LogP contribution in [0.5, 0.6) is 0 Å². The van der Waals surface area contributed by atoms with Crippen molar-refractivity contribution in [1.82, 2.24) is 16.0 Å². The largest absolute Gasteiger partial charge is 0.467 e. The van der Waals surface area contributed by atoms with Crippen LogP contribution in [0.1, 0.15) is 74.1 Å². The zero-order valence-electron chi connectivity index (χ0n) is 24.5. The van der Waals surface area contributed by atoms with E-state index in [-0.39, 0.29) is 12.3 Å². The Bertz CT molecular complexity index is 875. The number of ether oxygens (including phenoxy) is 6. The Hall–Kier alpha value is -2.48. The molecule has 3 N–H and O–H groups in total. The SMILES string of the molecule is COC(=O)[C@H](C)NC(=O)CCCC[C@H](NC(=O)[C@H](C)NC(=O)OC(C)(C)C)[C@H]1O[C@@H]2OC(C)(C)O[C@@H]2[C@H]1OC. The molecule has 39 heavy (non-hydrogen) atoms. The third-order valence-electron chi connectivity index (χ3n) is 6.25. The summed E-state index contributed by atoms with van der Waals surface area (Å²) in [5.74, 6) is -2.08. The number of hydrogen-bond acceptors (Lipinski definition) is 10. The van der Waals surface area contributed by atoms with Gasteiger partial charge in [0, 0.05) is 13.5 Å². The van der Waals surface area contributed by atoms with Crippen LogP contribution in [0.4, 0.5) is 4.79 Å². The van der Waals surface area contributed by atoms with Crippen molar-refractivity contribution in [2.24, 2.45) is 0 Å². The van der Waals surface area contributed by atoms with Crippen molar-refractivity contribution in [3.63, 3.8) is 0 Å². The molecule has 0 radical (unpaired) electrons. The summed E-state index contributed by atoms with van der Waals surface area (Å²) >= 11 is 0. The number of rotatable bonds is 12.